The number of hydrogen-bond acceptors (Lipinski definition) is 3. The summed E-state index contributed by atoms with van der Waals surface area (Å²) in [5.41, 5.74) is 7.63. The van der Waals surface area contributed by atoms with Gasteiger partial charge in [0.2, 0.25) is 5.91 Å². The van der Waals surface area contributed by atoms with Gasteiger partial charge in [0.25, 0.3) is 0 Å². The summed E-state index contributed by atoms with van der Waals surface area (Å²) in [4.78, 5) is 15.8. The van der Waals surface area contributed by atoms with Gasteiger partial charge in [0.1, 0.15) is 0 Å². The van der Waals surface area contributed by atoms with Crippen LogP contribution >= 0.6 is 0 Å². The zero-order valence-corrected chi connectivity index (χ0v) is 10.9. The molecule has 0 saturated heterocycles. The predicted molar refractivity (Wildman–Crippen MR) is 69.7 cm³/mol. The van der Waals surface area contributed by atoms with E-state index < -0.39 is 0 Å². The number of amides is 1. The van der Waals surface area contributed by atoms with Gasteiger partial charge in [0.05, 0.1) is 11.9 Å². The van der Waals surface area contributed by atoms with E-state index in [1.54, 1.807) is 12.4 Å². The van der Waals surface area contributed by atoms with Gasteiger partial charge >= 0.3 is 0 Å². The highest BCUT2D eigenvalue weighted by atomic mass is 16.1. The first kappa shape index (κ1) is 13.6. The molecule has 0 aliphatic carbocycles. The van der Waals surface area contributed by atoms with E-state index in [1.807, 2.05) is 33.8 Å². The number of aryl methyl sites for hydroxylation is 1. The minimum atomic E-state index is -0.153. The van der Waals surface area contributed by atoms with Crippen LogP contribution in [0.5, 0.6) is 0 Å². The summed E-state index contributed by atoms with van der Waals surface area (Å²) in [7, 11) is 0. The van der Waals surface area contributed by atoms with Crippen LogP contribution in [0.1, 0.15) is 32.8 Å². The van der Waals surface area contributed by atoms with Crippen molar-refractivity contribution in [3.05, 3.63) is 24.0 Å². The Morgan fingerprint density at radius 2 is 2.12 bits per heavy atom. The molecule has 0 bridgehead atoms. The number of nitrogens with one attached hydrogen (secondary N) is 1. The van der Waals surface area contributed by atoms with Crippen molar-refractivity contribution in [3.63, 3.8) is 0 Å². The first-order chi connectivity index (χ1) is 7.79. The first-order valence-electron chi connectivity index (χ1n) is 5.76. The third-order valence-electron chi connectivity index (χ3n) is 2.68. The molecule has 0 fully saturated rings. The molecule has 3 N–H and O–H groups in total. The molecule has 17 heavy (non-hydrogen) atoms. The summed E-state index contributed by atoms with van der Waals surface area (Å²) in [5, 5.41) is 2.80. The Hall–Kier alpha value is -1.42. The van der Waals surface area contributed by atoms with Crippen molar-refractivity contribution in [1.29, 1.82) is 0 Å². The van der Waals surface area contributed by atoms with E-state index in [-0.39, 0.29) is 17.4 Å². The van der Waals surface area contributed by atoms with Crippen LogP contribution in [0.25, 0.3) is 0 Å². The second-order valence-electron chi connectivity index (χ2n) is 5.48. The summed E-state index contributed by atoms with van der Waals surface area (Å²) < 4.78 is 0. The van der Waals surface area contributed by atoms with E-state index in [9.17, 15) is 4.79 Å². The Kier molecular flexibility index (Phi) is 4.23. The van der Waals surface area contributed by atoms with Gasteiger partial charge < -0.3 is 11.1 Å². The first-order valence-corrected chi connectivity index (χ1v) is 5.76. The molecule has 4 nitrogen and oxygen atoms in total. The van der Waals surface area contributed by atoms with E-state index in [2.05, 4.69) is 10.3 Å². The molecule has 1 unspecified atom stereocenters. The van der Waals surface area contributed by atoms with E-state index in [0.717, 1.165) is 11.3 Å². The molecule has 1 atom stereocenters. The van der Waals surface area contributed by atoms with E-state index >= 15 is 0 Å². The highest BCUT2D eigenvalue weighted by Crippen LogP contribution is 2.20. The lowest BCUT2D eigenvalue weighted by molar-refractivity contribution is -0.117. The Labute approximate surface area is 103 Å². The summed E-state index contributed by atoms with van der Waals surface area (Å²) >= 11 is 0. The van der Waals surface area contributed by atoms with Crippen LogP contribution in [0, 0.1) is 12.3 Å². The summed E-state index contributed by atoms with van der Waals surface area (Å²) in [5.74, 6) is -0.0696. The number of carbonyl (C=O) groups excluding carboxylic acids is 1. The molecule has 0 radical (unpaired) electrons. The van der Waals surface area contributed by atoms with Gasteiger partial charge in [0.15, 0.2) is 0 Å². The standard InChI is InChI=1S/C13H21N3O/c1-9-5-10(8-15-7-9)16-12(17)6-11(14)13(2,3)4/h5,7-8,11H,6,14H2,1-4H3,(H,16,17). The van der Waals surface area contributed by atoms with Crippen LogP contribution in [0.2, 0.25) is 0 Å². The van der Waals surface area contributed by atoms with Crippen LogP contribution in [0.4, 0.5) is 5.69 Å². The number of aromatic nitrogens is 1. The fourth-order valence-electron chi connectivity index (χ4n) is 1.34. The Morgan fingerprint density at radius 1 is 1.47 bits per heavy atom. The third-order valence-corrected chi connectivity index (χ3v) is 2.68. The maximum atomic E-state index is 11.8. The quantitative estimate of drug-likeness (QED) is 0.843. The zero-order valence-electron chi connectivity index (χ0n) is 10.9. The lowest BCUT2D eigenvalue weighted by Gasteiger charge is -2.26. The molecule has 0 spiro atoms. The van der Waals surface area contributed by atoms with E-state index in [4.69, 9.17) is 5.73 Å². The van der Waals surface area contributed by atoms with Gasteiger partial charge in [-0.2, -0.15) is 0 Å². The van der Waals surface area contributed by atoms with Crippen molar-refractivity contribution in [3.8, 4) is 0 Å². The third kappa shape index (κ3) is 4.53. The monoisotopic (exact) mass is 235 g/mol. The molecule has 1 aromatic rings. The van der Waals surface area contributed by atoms with Gasteiger partial charge in [0, 0.05) is 18.7 Å². The molecule has 4 heteroatoms. The molecule has 0 aromatic carbocycles. The molecule has 0 aliphatic heterocycles. The van der Waals surface area contributed by atoms with Crippen LogP contribution in [-0.4, -0.2) is 16.9 Å². The zero-order chi connectivity index (χ0) is 13.1. The molecule has 94 valence electrons. The van der Waals surface area contributed by atoms with Crippen LogP contribution < -0.4 is 11.1 Å². The topological polar surface area (TPSA) is 68.0 Å². The predicted octanol–water partition coefficient (Wildman–Crippen LogP) is 2.09. The Morgan fingerprint density at radius 3 is 2.65 bits per heavy atom. The van der Waals surface area contributed by atoms with Gasteiger partial charge in [-0.15, -0.1) is 0 Å². The molecule has 1 heterocycles. The van der Waals surface area contributed by atoms with Crippen LogP contribution in [-0.2, 0) is 4.79 Å². The lowest BCUT2D eigenvalue weighted by atomic mass is 9.85. The number of hydrogen-bond donors (Lipinski definition) is 2. The summed E-state index contributed by atoms with van der Waals surface area (Å²) in [6, 6.07) is 1.73. The lowest BCUT2D eigenvalue weighted by Crippen LogP contribution is -2.38. The number of nitrogens with zero attached hydrogens (tertiary/aromatic N) is 1. The van der Waals surface area contributed by atoms with Crippen molar-refractivity contribution < 1.29 is 4.79 Å². The van der Waals surface area contributed by atoms with Crippen molar-refractivity contribution >= 4 is 11.6 Å². The van der Waals surface area contributed by atoms with Crippen molar-refractivity contribution in [2.75, 3.05) is 5.32 Å². The average Bonchev–Trinajstić information content (AvgIpc) is 2.15. The minimum absolute atomic E-state index is 0.0673. The van der Waals surface area contributed by atoms with E-state index in [0.29, 0.717) is 6.42 Å². The normalized spacial score (nSPS) is 13.2. The average molecular weight is 235 g/mol. The second kappa shape index (κ2) is 5.27. The Balaban J connectivity index is 2.56. The molecular formula is C13H21N3O. The van der Waals surface area contributed by atoms with Gasteiger partial charge in [-0.1, -0.05) is 20.8 Å². The summed E-state index contributed by atoms with van der Waals surface area (Å²) in [6.45, 7) is 8.01. The number of carbonyl (C=O) groups is 1. The van der Waals surface area contributed by atoms with Gasteiger partial charge in [-0.05, 0) is 24.0 Å². The number of pyridine rings is 1. The smallest absolute Gasteiger partial charge is 0.225 e. The van der Waals surface area contributed by atoms with Crippen LogP contribution in [0.15, 0.2) is 18.5 Å². The second-order valence-corrected chi connectivity index (χ2v) is 5.48. The Bertz CT molecular complexity index is 396. The highest BCUT2D eigenvalue weighted by molar-refractivity contribution is 5.91. The number of nitrogens with two attached hydrogens (primary N) is 1. The number of rotatable bonds is 3. The van der Waals surface area contributed by atoms with Crippen molar-refractivity contribution in [1.82, 2.24) is 4.98 Å². The minimum Gasteiger partial charge on any atom is -0.327 e. The van der Waals surface area contributed by atoms with Gasteiger partial charge in [-0.3, -0.25) is 9.78 Å². The number of anilines is 1. The van der Waals surface area contributed by atoms with Crippen molar-refractivity contribution in [2.45, 2.75) is 40.2 Å². The largest absolute Gasteiger partial charge is 0.327 e. The fraction of sp³-hybridized carbons (Fsp3) is 0.538. The summed E-state index contributed by atoms with van der Waals surface area (Å²) in [6.07, 6.45) is 3.70. The SMILES string of the molecule is Cc1cncc(NC(=O)CC(N)C(C)(C)C)c1. The molecule has 1 rings (SSSR count). The van der Waals surface area contributed by atoms with Crippen molar-refractivity contribution in [2.24, 2.45) is 11.1 Å². The molecular weight excluding hydrogens is 214 g/mol. The maximum absolute atomic E-state index is 11.8. The molecule has 1 aromatic heterocycles. The molecule has 0 aliphatic rings. The molecule has 1 amide bonds. The van der Waals surface area contributed by atoms with Crippen LogP contribution in [0.3, 0.4) is 0 Å². The maximum Gasteiger partial charge on any atom is 0.225 e. The fourth-order valence-corrected chi connectivity index (χ4v) is 1.34. The van der Waals surface area contributed by atoms with Gasteiger partial charge in [-0.25, -0.2) is 0 Å². The van der Waals surface area contributed by atoms with E-state index in [1.165, 1.54) is 0 Å². The molecule has 0 saturated carbocycles. The highest BCUT2D eigenvalue weighted by Gasteiger charge is 2.23.